The Morgan fingerprint density at radius 2 is 1.75 bits per heavy atom. The van der Waals surface area contributed by atoms with E-state index in [1.807, 2.05) is 0 Å². The molecule has 1 saturated heterocycles. The average molecular weight is 280 g/mol. The van der Waals surface area contributed by atoms with Crippen LogP contribution >= 0.6 is 0 Å². The second kappa shape index (κ2) is 5.67. The maximum absolute atomic E-state index is 12.5. The Bertz CT molecular complexity index is 346. The van der Waals surface area contributed by atoms with Crippen molar-refractivity contribution in [1.82, 2.24) is 10.6 Å². The van der Waals surface area contributed by atoms with Crippen molar-refractivity contribution < 1.29 is 4.79 Å². The Morgan fingerprint density at radius 3 is 2.30 bits per heavy atom. The Kier molecular flexibility index (Phi) is 4.48. The van der Waals surface area contributed by atoms with Crippen molar-refractivity contribution in [3.63, 3.8) is 0 Å². The molecule has 2 aliphatic rings. The van der Waals surface area contributed by atoms with Crippen LogP contribution < -0.4 is 10.6 Å². The van der Waals surface area contributed by atoms with Crippen LogP contribution in [-0.4, -0.2) is 24.5 Å². The summed E-state index contributed by atoms with van der Waals surface area (Å²) in [7, 11) is 0. The van der Waals surface area contributed by atoms with Crippen molar-refractivity contribution in [1.29, 1.82) is 0 Å². The molecule has 0 radical (unpaired) electrons. The molecule has 2 N–H and O–H groups in total. The van der Waals surface area contributed by atoms with E-state index in [4.69, 9.17) is 0 Å². The zero-order valence-electron chi connectivity index (χ0n) is 13.9. The van der Waals surface area contributed by atoms with Gasteiger partial charge in [-0.2, -0.15) is 0 Å². The highest BCUT2D eigenvalue weighted by Gasteiger charge is 2.39. The summed E-state index contributed by atoms with van der Waals surface area (Å²) < 4.78 is 0. The molecule has 1 saturated carbocycles. The van der Waals surface area contributed by atoms with Crippen LogP contribution in [0, 0.1) is 16.7 Å². The van der Waals surface area contributed by atoms with Crippen LogP contribution in [0.2, 0.25) is 0 Å². The van der Waals surface area contributed by atoms with Crippen LogP contribution in [0.5, 0.6) is 0 Å². The van der Waals surface area contributed by atoms with Crippen molar-refractivity contribution in [3.05, 3.63) is 0 Å². The number of amides is 1. The first-order chi connectivity index (χ1) is 9.17. The summed E-state index contributed by atoms with van der Waals surface area (Å²) in [5, 5.41) is 6.69. The van der Waals surface area contributed by atoms with E-state index in [0.29, 0.717) is 22.8 Å². The van der Waals surface area contributed by atoms with E-state index in [-0.39, 0.29) is 11.9 Å². The zero-order chi connectivity index (χ0) is 15.0. The van der Waals surface area contributed by atoms with Gasteiger partial charge in [-0.3, -0.25) is 4.79 Å². The van der Waals surface area contributed by atoms with E-state index in [2.05, 4.69) is 45.3 Å². The standard InChI is InChI=1S/C17H32N2O/c1-12-6-7-18-14(8-12)15(20)19-13-9-16(2,3)11-17(4,5)10-13/h12-14,18H,6-11H2,1-5H3,(H,19,20). The molecule has 2 unspecified atom stereocenters. The van der Waals surface area contributed by atoms with E-state index in [9.17, 15) is 4.79 Å². The van der Waals surface area contributed by atoms with Gasteiger partial charge >= 0.3 is 0 Å². The molecular weight excluding hydrogens is 248 g/mol. The van der Waals surface area contributed by atoms with Crippen LogP contribution in [-0.2, 0) is 4.79 Å². The quantitative estimate of drug-likeness (QED) is 0.816. The molecule has 1 heterocycles. The van der Waals surface area contributed by atoms with Crippen molar-refractivity contribution in [2.75, 3.05) is 6.54 Å². The highest BCUT2D eigenvalue weighted by Crippen LogP contribution is 2.45. The van der Waals surface area contributed by atoms with E-state index in [0.717, 1.165) is 25.8 Å². The minimum absolute atomic E-state index is 0.0203. The van der Waals surface area contributed by atoms with Gasteiger partial charge in [0.1, 0.15) is 0 Å². The third-order valence-corrected chi connectivity index (χ3v) is 4.88. The number of rotatable bonds is 2. The van der Waals surface area contributed by atoms with E-state index in [1.165, 1.54) is 12.8 Å². The summed E-state index contributed by atoms with van der Waals surface area (Å²) >= 11 is 0. The lowest BCUT2D eigenvalue weighted by molar-refractivity contribution is -0.125. The van der Waals surface area contributed by atoms with Gasteiger partial charge in [-0.25, -0.2) is 0 Å². The maximum atomic E-state index is 12.5. The van der Waals surface area contributed by atoms with E-state index >= 15 is 0 Å². The largest absolute Gasteiger partial charge is 0.352 e. The van der Waals surface area contributed by atoms with Crippen LogP contribution in [0.3, 0.4) is 0 Å². The normalized spacial score (nSPS) is 33.6. The highest BCUT2D eigenvalue weighted by atomic mass is 16.2. The third kappa shape index (κ3) is 4.21. The summed E-state index contributed by atoms with van der Waals surface area (Å²) in [6.45, 7) is 12.5. The van der Waals surface area contributed by atoms with Gasteiger partial charge in [-0.15, -0.1) is 0 Å². The lowest BCUT2D eigenvalue weighted by Gasteiger charge is -2.45. The molecule has 20 heavy (non-hydrogen) atoms. The predicted molar refractivity (Wildman–Crippen MR) is 83.5 cm³/mol. The monoisotopic (exact) mass is 280 g/mol. The fourth-order valence-electron chi connectivity index (χ4n) is 4.56. The molecular formula is C17H32N2O. The number of piperidine rings is 1. The van der Waals surface area contributed by atoms with Gasteiger partial charge < -0.3 is 10.6 Å². The fraction of sp³-hybridized carbons (Fsp3) is 0.941. The molecule has 3 nitrogen and oxygen atoms in total. The van der Waals surface area contributed by atoms with Crippen molar-refractivity contribution in [3.8, 4) is 0 Å². The van der Waals surface area contributed by atoms with Crippen LogP contribution in [0.4, 0.5) is 0 Å². The molecule has 1 aliphatic heterocycles. The topological polar surface area (TPSA) is 41.1 Å². The molecule has 1 aliphatic carbocycles. The molecule has 0 aromatic rings. The van der Waals surface area contributed by atoms with Crippen LogP contribution in [0.25, 0.3) is 0 Å². The Morgan fingerprint density at radius 1 is 1.15 bits per heavy atom. The second-order valence-corrected chi connectivity index (χ2v) is 8.76. The molecule has 2 atom stereocenters. The number of hydrogen-bond donors (Lipinski definition) is 2. The molecule has 116 valence electrons. The van der Waals surface area contributed by atoms with Crippen LogP contribution in [0.1, 0.15) is 66.7 Å². The molecule has 3 heteroatoms. The molecule has 0 aromatic heterocycles. The van der Waals surface area contributed by atoms with Gasteiger partial charge in [0.15, 0.2) is 0 Å². The van der Waals surface area contributed by atoms with Gasteiger partial charge in [0, 0.05) is 6.04 Å². The van der Waals surface area contributed by atoms with Gasteiger partial charge in [0.2, 0.25) is 5.91 Å². The van der Waals surface area contributed by atoms with Crippen molar-refractivity contribution in [2.24, 2.45) is 16.7 Å². The van der Waals surface area contributed by atoms with Gasteiger partial charge in [0.05, 0.1) is 6.04 Å². The average Bonchev–Trinajstić information content (AvgIpc) is 2.24. The zero-order valence-corrected chi connectivity index (χ0v) is 13.9. The fourth-order valence-corrected chi connectivity index (χ4v) is 4.56. The molecule has 0 bridgehead atoms. The molecule has 2 fully saturated rings. The first kappa shape index (κ1) is 15.8. The summed E-state index contributed by atoms with van der Waals surface area (Å²) in [6.07, 6.45) is 5.61. The maximum Gasteiger partial charge on any atom is 0.237 e. The summed E-state index contributed by atoms with van der Waals surface area (Å²) in [6, 6.07) is 0.354. The summed E-state index contributed by atoms with van der Waals surface area (Å²) in [5.41, 5.74) is 0.653. The van der Waals surface area contributed by atoms with Gasteiger partial charge in [-0.05, 0) is 55.4 Å². The molecule has 0 aromatic carbocycles. The number of carbonyl (C=O) groups is 1. The molecule has 1 amide bonds. The van der Waals surface area contributed by atoms with E-state index < -0.39 is 0 Å². The lowest BCUT2D eigenvalue weighted by Crippen LogP contribution is -2.53. The smallest absolute Gasteiger partial charge is 0.237 e. The minimum Gasteiger partial charge on any atom is -0.352 e. The lowest BCUT2D eigenvalue weighted by atomic mass is 9.63. The molecule has 0 spiro atoms. The Labute approximate surface area is 124 Å². The van der Waals surface area contributed by atoms with Gasteiger partial charge in [0.25, 0.3) is 0 Å². The van der Waals surface area contributed by atoms with E-state index in [1.54, 1.807) is 0 Å². The van der Waals surface area contributed by atoms with Gasteiger partial charge in [-0.1, -0.05) is 34.6 Å². The molecule has 2 rings (SSSR count). The number of hydrogen-bond acceptors (Lipinski definition) is 2. The first-order valence-electron chi connectivity index (χ1n) is 8.21. The number of carbonyl (C=O) groups excluding carboxylic acids is 1. The van der Waals surface area contributed by atoms with Crippen molar-refractivity contribution >= 4 is 5.91 Å². The minimum atomic E-state index is 0.0203. The Hall–Kier alpha value is -0.570. The summed E-state index contributed by atoms with van der Waals surface area (Å²) in [5.74, 6) is 0.876. The van der Waals surface area contributed by atoms with Crippen LogP contribution in [0.15, 0.2) is 0 Å². The predicted octanol–water partition coefficient (Wildman–Crippen LogP) is 3.10. The summed E-state index contributed by atoms with van der Waals surface area (Å²) in [4.78, 5) is 12.5. The number of nitrogens with one attached hydrogen (secondary N) is 2. The van der Waals surface area contributed by atoms with Crippen molar-refractivity contribution in [2.45, 2.75) is 78.8 Å². The second-order valence-electron chi connectivity index (χ2n) is 8.76. The first-order valence-corrected chi connectivity index (χ1v) is 8.21. The highest BCUT2D eigenvalue weighted by molar-refractivity contribution is 5.82. The third-order valence-electron chi connectivity index (χ3n) is 4.88. The Balaban J connectivity index is 1.93. The SMILES string of the molecule is CC1CCNC(C(=O)NC2CC(C)(C)CC(C)(C)C2)C1.